The zero-order valence-corrected chi connectivity index (χ0v) is 12.1. The highest BCUT2D eigenvalue weighted by atomic mass is 16.5. The number of ether oxygens (including phenoxy) is 1. The number of methoxy groups -OCH3 is 1. The van der Waals surface area contributed by atoms with Crippen molar-refractivity contribution in [2.75, 3.05) is 21.2 Å². The molecule has 1 aromatic carbocycles. The molecule has 0 unspecified atom stereocenters. The third kappa shape index (κ3) is 2.65. The Morgan fingerprint density at radius 1 is 1.33 bits per heavy atom. The van der Waals surface area contributed by atoms with E-state index in [1.807, 2.05) is 0 Å². The summed E-state index contributed by atoms with van der Waals surface area (Å²) in [5, 5.41) is 0.607. The van der Waals surface area contributed by atoms with Crippen molar-refractivity contribution in [2.24, 2.45) is 0 Å². The number of pyridine rings is 1. The van der Waals surface area contributed by atoms with Crippen LogP contribution in [0.2, 0.25) is 0 Å². The summed E-state index contributed by atoms with van der Waals surface area (Å²) in [6.45, 7) is -0.0705. The van der Waals surface area contributed by atoms with Crippen molar-refractivity contribution in [1.29, 1.82) is 0 Å². The molecular formula is C15H16N2O4. The number of hydrogen-bond acceptors (Lipinski definition) is 4. The van der Waals surface area contributed by atoms with E-state index in [0.717, 1.165) is 0 Å². The fourth-order valence-electron chi connectivity index (χ4n) is 2.17. The average Bonchev–Trinajstić information content (AvgIpc) is 2.48. The highest BCUT2D eigenvalue weighted by molar-refractivity contribution is 6.06. The number of amides is 1. The van der Waals surface area contributed by atoms with Gasteiger partial charge in [-0.05, 0) is 12.1 Å². The third-order valence-electron chi connectivity index (χ3n) is 3.21. The molecule has 0 atom stereocenters. The summed E-state index contributed by atoms with van der Waals surface area (Å²) < 4.78 is 6.46. The fraction of sp³-hybridized carbons (Fsp3) is 0.267. The molecule has 0 saturated heterocycles. The maximum atomic E-state index is 12.2. The van der Waals surface area contributed by atoms with Crippen LogP contribution in [0.3, 0.4) is 0 Å². The van der Waals surface area contributed by atoms with Crippen molar-refractivity contribution in [2.45, 2.75) is 6.54 Å². The standard InChI is InChI=1S/C15H16N2O4/c1-16(2)15(20)12-9-14(19)17(6-7-18)13-8-10(21-3)4-5-11(12)13/h4-5,7-9H,6H2,1-3H3. The summed E-state index contributed by atoms with van der Waals surface area (Å²) in [4.78, 5) is 36.6. The normalized spacial score (nSPS) is 10.4. The number of rotatable bonds is 4. The van der Waals surface area contributed by atoms with Crippen LogP contribution < -0.4 is 10.3 Å². The van der Waals surface area contributed by atoms with Gasteiger partial charge in [0.1, 0.15) is 12.0 Å². The molecule has 0 bridgehead atoms. The minimum absolute atomic E-state index is 0.0705. The van der Waals surface area contributed by atoms with Crippen LogP contribution >= 0.6 is 0 Å². The van der Waals surface area contributed by atoms with Crippen molar-refractivity contribution < 1.29 is 14.3 Å². The number of nitrogens with zero attached hydrogens (tertiary/aromatic N) is 2. The van der Waals surface area contributed by atoms with Crippen LogP contribution in [0.25, 0.3) is 10.9 Å². The van der Waals surface area contributed by atoms with E-state index in [1.165, 1.54) is 22.6 Å². The van der Waals surface area contributed by atoms with Crippen molar-refractivity contribution in [3.8, 4) is 5.75 Å². The number of hydrogen-bond donors (Lipinski definition) is 0. The maximum absolute atomic E-state index is 12.2. The predicted molar refractivity (Wildman–Crippen MR) is 78.8 cm³/mol. The Bertz CT molecular complexity index is 762. The molecule has 6 heteroatoms. The first-order chi connectivity index (χ1) is 9.99. The van der Waals surface area contributed by atoms with E-state index in [9.17, 15) is 14.4 Å². The summed E-state index contributed by atoms with van der Waals surface area (Å²) >= 11 is 0. The van der Waals surface area contributed by atoms with Crippen molar-refractivity contribution in [1.82, 2.24) is 9.47 Å². The first-order valence-electron chi connectivity index (χ1n) is 6.36. The second-order valence-electron chi connectivity index (χ2n) is 4.76. The van der Waals surface area contributed by atoms with Gasteiger partial charge in [0, 0.05) is 31.6 Å². The van der Waals surface area contributed by atoms with E-state index in [2.05, 4.69) is 0 Å². The van der Waals surface area contributed by atoms with Gasteiger partial charge >= 0.3 is 0 Å². The van der Waals surface area contributed by atoms with Gasteiger partial charge in [-0.25, -0.2) is 0 Å². The summed E-state index contributed by atoms with van der Waals surface area (Å²) in [6, 6.07) is 6.34. The van der Waals surface area contributed by atoms with E-state index in [1.54, 1.807) is 32.3 Å². The summed E-state index contributed by atoms with van der Waals surface area (Å²) in [5.74, 6) is 0.288. The van der Waals surface area contributed by atoms with E-state index >= 15 is 0 Å². The van der Waals surface area contributed by atoms with Crippen LogP contribution in [-0.2, 0) is 11.3 Å². The zero-order valence-electron chi connectivity index (χ0n) is 12.1. The van der Waals surface area contributed by atoms with Gasteiger partial charge < -0.3 is 19.0 Å². The molecule has 21 heavy (non-hydrogen) atoms. The molecule has 0 aliphatic heterocycles. The lowest BCUT2D eigenvalue weighted by molar-refractivity contribution is -0.108. The third-order valence-corrected chi connectivity index (χ3v) is 3.21. The molecule has 1 aromatic heterocycles. The number of aromatic nitrogens is 1. The van der Waals surface area contributed by atoms with Crippen LogP contribution in [0.4, 0.5) is 0 Å². The lowest BCUT2D eigenvalue weighted by atomic mass is 10.1. The number of carbonyl (C=O) groups excluding carboxylic acids is 2. The molecule has 6 nitrogen and oxygen atoms in total. The molecule has 2 aromatic rings. The Morgan fingerprint density at radius 3 is 2.62 bits per heavy atom. The average molecular weight is 288 g/mol. The van der Waals surface area contributed by atoms with Crippen LogP contribution in [0.15, 0.2) is 29.1 Å². The molecule has 110 valence electrons. The second-order valence-corrected chi connectivity index (χ2v) is 4.76. The molecule has 1 heterocycles. The van der Waals surface area contributed by atoms with Gasteiger partial charge in [-0.15, -0.1) is 0 Å². The summed E-state index contributed by atoms with van der Waals surface area (Å²) in [7, 11) is 4.75. The lowest BCUT2D eigenvalue weighted by Crippen LogP contribution is -2.27. The Labute approximate surface area is 121 Å². The van der Waals surface area contributed by atoms with Crippen molar-refractivity contribution >= 4 is 23.1 Å². The maximum Gasteiger partial charge on any atom is 0.254 e. The number of benzene rings is 1. The molecular weight excluding hydrogens is 272 g/mol. The van der Waals surface area contributed by atoms with Gasteiger partial charge in [-0.2, -0.15) is 0 Å². The molecule has 1 amide bonds. The van der Waals surface area contributed by atoms with E-state index < -0.39 is 5.56 Å². The molecule has 0 spiro atoms. The van der Waals surface area contributed by atoms with E-state index in [4.69, 9.17) is 4.74 Å². The summed E-state index contributed by atoms with van der Waals surface area (Å²) in [5.41, 5.74) is 0.414. The monoisotopic (exact) mass is 288 g/mol. The smallest absolute Gasteiger partial charge is 0.254 e. The Kier molecular flexibility index (Phi) is 4.07. The molecule has 0 radical (unpaired) electrons. The van der Waals surface area contributed by atoms with Crippen LogP contribution in [0.1, 0.15) is 10.4 Å². The molecule has 0 fully saturated rings. The molecule has 2 rings (SSSR count). The minimum atomic E-state index is -0.395. The van der Waals surface area contributed by atoms with Crippen LogP contribution in [0.5, 0.6) is 5.75 Å². The predicted octanol–water partition coefficient (Wildman–Crippen LogP) is 0.911. The number of aldehydes is 1. The fourth-order valence-corrected chi connectivity index (χ4v) is 2.17. The number of carbonyl (C=O) groups is 2. The quantitative estimate of drug-likeness (QED) is 0.784. The lowest BCUT2D eigenvalue weighted by Gasteiger charge is -2.15. The minimum Gasteiger partial charge on any atom is -0.497 e. The number of fused-ring (bicyclic) bond motifs is 1. The molecule has 0 aliphatic carbocycles. The highest BCUT2D eigenvalue weighted by Crippen LogP contribution is 2.23. The first kappa shape index (κ1) is 14.8. The SMILES string of the molecule is COc1ccc2c(C(=O)N(C)C)cc(=O)n(CC=O)c2c1. The van der Waals surface area contributed by atoms with Crippen LogP contribution in [0, 0.1) is 0 Å². The van der Waals surface area contributed by atoms with Gasteiger partial charge in [0.2, 0.25) is 0 Å². The van der Waals surface area contributed by atoms with Gasteiger partial charge in [0.25, 0.3) is 11.5 Å². The van der Waals surface area contributed by atoms with Gasteiger partial charge in [-0.3, -0.25) is 9.59 Å². The van der Waals surface area contributed by atoms with Gasteiger partial charge in [0.05, 0.1) is 24.7 Å². The van der Waals surface area contributed by atoms with Crippen molar-refractivity contribution in [3.05, 3.63) is 40.2 Å². The molecule has 0 aliphatic rings. The highest BCUT2D eigenvalue weighted by Gasteiger charge is 2.16. The molecule has 0 N–H and O–H groups in total. The Hall–Kier alpha value is -2.63. The molecule has 0 saturated carbocycles. The topological polar surface area (TPSA) is 68.6 Å². The Morgan fingerprint density at radius 2 is 2.05 bits per heavy atom. The van der Waals surface area contributed by atoms with Gasteiger partial charge in [-0.1, -0.05) is 0 Å². The van der Waals surface area contributed by atoms with Crippen molar-refractivity contribution in [3.63, 3.8) is 0 Å². The van der Waals surface area contributed by atoms with Gasteiger partial charge in [0.15, 0.2) is 0 Å². The zero-order chi connectivity index (χ0) is 15.6. The van der Waals surface area contributed by atoms with E-state index in [-0.39, 0.29) is 12.5 Å². The van der Waals surface area contributed by atoms with Crippen LogP contribution in [-0.4, -0.2) is 42.9 Å². The van der Waals surface area contributed by atoms with E-state index in [0.29, 0.717) is 28.5 Å². The first-order valence-corrected chi connectivity index (χ1v) is 6.36. The largest absolute Gasteiger partial charge is 0.497 e. The Balaban J connectivity index is 2.85. The summed E-state index contributed by atoms with van der Waals surface area (Å²) in [6.07, 6.45) is 0.647. The second kappa shape index (κ2) is 5.78.